The minimum Gasteiger partial charge on any atom is -0.382 e. The quantitative estimate of drug-likeness (QED) is 0.875. The third-order valence-corrected chi connectivity index (χ3v) is 3.40. The van der Waals surface area contributed by atoms with Crippen molar-refractivity contribution in [2.24, 2.45) is 5.73 Å². The first-order chi connectivity index (χ1) is 7.54. The van der Waals surface area contributed by atoms with Gasteiger partial charge >= 0.3 is 0 Å². The van der Waals surface area contributed by atoms with Crippen LogP contribution in [-0.4, -0.2) is 13.2 Å². The molecule has 0 aliphatic rings. The molecular formula is C12H17Cl2NO. The van der Waals surface area contributed by atoms with Gasteiger partial charge in [-0.25, -0.2) is 0 Å². The lowest BCUT2D eigenvalue weighted by Crippen LogP contribution is -2.14. The van der Waals surface area contributed by atoms with E-state index in [2.05, 4.69) is 0 Å². The van der Waals surface area contributed by atoms with Crippen molar-refractivity contribution in [3.05, 3.63) is 33.8 Å². The van der Waals surface area contributed by atoms with E-state index in [1.807, 2.05) is 19.1 Å². The number of benzene rings is 1. The zero-order valence-corrected chi connectivity index (χ0v) is 11.1. The van der Waals surface area contributed by atoms with Crippen LogP contribution in [0.2, 0.25) is 10.0 Å². The monoisotopic (exact) mass is 261 g/mol. The van der Waals surface area contributed by atoms with E-state index in [-0.39, 0.29) is 12.1 Å². The molecule has 1 aromatic rings. The first-order valence-electron chi connectivity index (χ1n) is 5.28. The van der Waals surface area contributed by atoms with Crippen LogP contribution in [0.4, 0.5) is 0 Å². The molecule has 90 valence electrons. The second-order valence-corrected chi connectivity index (χ2v) is 4.72. The van der Waals surface area contributed by atoms with Crippen LogP contribution in [0.15, 0.2) is 18.2 Å². The van der Waals surface area contributed by atoms with Crippen LogP contribution < -0.4 is 5.73 Å². The summed E-state index contributed by atoms with van der Waals surface area (Å²) in [6.45, 7) is 2.03. The summed E-state index contributed by atoms with van der Waals surface area (Å²) in [4.78, 5) is 0. The summed E-state index contributed by atoms with van der Waals surface area (Å²) in [7, 11) is 1.70. The molecule has 2 nitrogen and oxygen atoms in total. The van der Waals surface area contributed by atoms with Gasteiger partial charge in [0.25, 0.3) is 0 Å². The molecule has 2 unspecified atom stereocenters. The van der Waals surface area contributed by atoms with Gasteiger partial charge in [0, 0.05) is 13.2 Å². The molecule has 2 atom stereocenters. The van der Waals surface area contributed by atoms with Crippen molar-refractivity contribution in [2.45, 2.75) is 31.9 Å². The molecule has 0 aromatic heterocycles. The van der Waals surface area contributed by atoms with E-state index in [0.29, 0.717) is 10.0 Å². The van der Waals surface area contributed by atoms with Crippen molar-refractivity contribution in [3.8, 4) is 0 Å². The molecule has 0 amide bonds. The molecule has 2 N–H and O–H groups in total. The summed E-state index contributed by atoms with van der Waals surface area (Å²) in [6, 6.07) is 5.49. The second-order valence-electron chi connectivity index (χ2n) is 3.90. The fourth-order valence-electron chi connectivity index (χ4n) is 1.44. The van der Waals surface area contributed by atoms with Crippen LogP contribution in [0, 0.1) is 0 Å². The summed E-state index contributed by atoms with van der Waals surface area (Å²) in [6.07, 6.45) is 2.03. The van der Waals surface area contributed by atoms with E-state index in [9.17, 15) is 0 Å². The molecule has 0 aliphatic carbocycles. The standard InChI is InChI=1S/C12H17Cl2NO/c1-8(16-2)3-6-12(15)9-4-5-10(13)11(14)7-9/h4-5,7-8,12H,3,6,15H2,1-2H3. The third-order valence-electron chi connectivity index (χ3n) is 2.66. The van der Waals surface area contributed by atoms with Crippen LogP contribution in [0.1, 0.15) is 31.4 Å². The Labute approximate surface area is 107 Å². The van der Waals surface area contributed by atoms with Crippen LogP contribution in [0.25, 0.3) is 0 Å². The van der Waals surface area contributed by atoms with Gasteiger partial charge in [-0.2, -0.15) is 0 Å². The molecule has 0 heterocycles. The van der Waals surface area contributed by atoms with Crippen molar-refractivity contribution >= 4 is 23.2 Å². The van der Waals surface area contributed by atoms with Crippen molar-refractivity contribution in [2.75, 3.05) is 7.11 Å². The Morgan fingerprint density at radius 2 is 1.94 bits per heavy atom. The van der Waals surface area contributed by atoms with E-state index >= 15 is 0 Å². The molecule has 0 bridgehead atoms. The Kier molecular flexibility index (Phi) is 5.56. The molecule has 0 radical (unpaired) electrons. The SMILES string of the molecule is COC(C)CCC(N)c1ccc(Cl)c(Cl)c1. The predicted octanol–water partition coefficient (Wildman–Crippen LogP) is 3.81. The Bertz CT molecular complexity index is 344. The molecule has 0 spiro atoms. The van der Waals surface area contributed by atoms with Crippen molar-refractivity contribution in [1.29, 1.82) is 0 Å². The number of nitrogens with two attached hydrogens (primary N) is 1. The summed E-state index contributed by atoms with van der Waals surface area (Å²) in [5.41, 5.74) is 7.07. The average Bonchev–Trinajstić information content (AvgIpc) is 2.29. The molecule has 0 saturated carbocycles. The normalized spacial score (nSPS) is 14.8. The maximum Gasteiger partial charge on any atom is 0.0595 e. The molecule has 16 heavy (non-hydrogen) atoms. The zero-order valence-electron chi connectivity index (χ0n) is 9.54. The van der Waals surface area contributed by atoms with E-state index in [4.69, 9.17) is 33.7 Å². The van der Waals surface area contributed by atoms with Gasteiger partial charge in [-0.15, -0.1) is 0 Å². The van der Waals surface area contributed by atoms with Crippen LogP contribution in [0.3, 0.4) is 0 Å². The van der Waals surface area contributed by atoms with Gasteiger partial charge in [0.1, 0.15) is 0 Å². The van der Waals surface area contributed by atoms with Gasteiger partial charge in [0.05, 0.1) is 16.1 Å². The molecule has 0 fully saturated rings. The molecule has 4 heteroatoms. The molecule has 0 saturated heterocycles. The minimum absolute atomic E-state index is 0.0210. The van der Waals surface area contributed by atoms with E-state index in [0.717, 1.165) is 18.4 Å². The highest BCUT2D eigenvalue weighted by Gasteiger charge is 2.10. The lowest BCUT2D eigenvalue weighted by atomic mass is 10.0. The Morgan fingerprint density at radius 1 is 1.25 bits per heavy atom. The number of rotatable bonds is 5. The topological polar surface area (TPSA) is 35.2 Å². The first kappa shape index (κ1) is 13.8. The number of halogens is 2. The van der Waals surface area contributed by atoms with Crippen LogP contribution in [0.5, 0.6) is 0 Å². The van der Waals surface area contributed by atoms with Crippen LogP contribution >= 0.6 is 23.2 Å². The van der Waals surface area contributed by atoms with Crippen molar-refractivity contribution < 1.29 is 4.74 Å². The van der Waals surface area contributed by atoms with Crippen LogP contribution in [-0.2, 0) is 4.74 Å². The lowest BCUT2D eigenvalue weighted by Gasteiger charge is -2.15. The van der Waals surface area contributed by atoms with Gasteiger partial charge in [-0.1, -0.05) is 29.3 Å². The second kappa shape index (κ2) is 6.45. The predicted molar refractivity (Wildman–Crippen MR) is 69.1 cm³/mol. The van der Waals surface area contributed by atoms with Gasteiger partial charge in [0.15, 0.2) is 0 Å². The smallest absolute Gasteiger partial charge is 0.0595 e. The highest BCUT2D eigenvalue weighted by Crippen LogP contribution is 2.26. The van der Waals surface area contributed by atoms with Gasteiger partial charge in [-0.05, 0) is 37.5 Å². The summed E-state index contributed by atoms with van der Waals surface area (Å²) in [5, 5.41) is 1.11. The minimum atomic E-state index is -0.0210. The van der Waals surface area contributed by atoms with Gasteiger partial charge in [0.2, 0.25) is 0 Å². The fourth-order valence-corrected chi connectivity index (χ4v) is 1.75. The van der Waals surface area contributed by atoms with E-state index < -0.39 is 0 Å². The number of hydrogen-bond acceptors (Lipinski definition) is 2. The average molecular weight is 262 g/mol. The van der Waals surface area contributed by atoms with Gasteiger partial charge in [-0.3, -0.25) is 0 Å². The number of methoxy groups -OCH3 is 1. The molecule has 1 aromatic carbocycles. The Hall–Kier alpha value is -0.280. The first-order valence-corrected chi connectivity index (χ1v) is 6.03. The number of hydrogen-bond donors (Lipinski definition) is 1. The van der Waals surface area contributed by atoms with Crippen molar-refractivity contribution in [1.82, 2.24) is 0 Å². The Balaban J connectivity index is 2.59. The maximum absolute atomic E-state index is 6.06. The third kappa shape index (κ3) is 3.95. The summed E-state index contributed by atoms with van der Waals surface area (Å²) in [5.74, 6) is 0. The lowest BCUT2D eigenvalue weighted by molar-refractivity contribution is 0.107. The number of ether oxygens (including phenoxy) is 1. The summed E-state index contributed by atoms with van der Waals surface area (Å²) < 4.78 is 5.18. The zero-order chi connectivity index (χ0) is 12.1. The highest BCUT2D eigenvalue weighted by atomic mass is 35.5. The van der Waals surface area contributed by atoms with Crippen molar-refractivity contribution in [3.63, 3.8) is 0 Å². The summed E-state index contributed by atoms with van der Waals surface area (Å²) >= 11 is 11.8. The largest absolute Gasteiger partial charge is 0.382 e. The molecule has 0 aliphatic heterocycles. The van der Waals surface area contributed by atoms with E-state index in [1.54, 1.807) is 13.2 Å². The van der Waals surface area contributed by atoms with E-state index in [1.165, 1.54) is 0 Å². The molecular weight excluding hydrogens is 245 g/mol. The molecule has 1 rings (SSSR count). The fraction of sp³-hybridized carbons (Fsp3) is 0.500. The maximum atomic E-state index is 6.06. The Morgan fingerprint density at radius 3 is 2.50 bits per heavy atom. The van der Waals surface area contributed by atoms with Gasteiger partial charge < -0.3 is 10.5 Å². The highest BCUT2D eigenvalue weighted by molar-refractivity contribution is 6.42.